The summed E-state index contributed by atoms with van der Waals surface area (Å²) < 4.78 is 2.24. The molecule has 3 atom stereocenters. The molecule has 2 heterocycles. The number of aryl methyl sites for hydroxylation is 2. The number of aromatic nitrogens is 2. The first-order valence-corrected chi connectivity index (χ1v) is 9.54. The van der Waals surface area contributed by atoms with Crippen molar-refractivity contribution in [2.75, 3.05) is 0 Å². The predicted octanol–water partition coefficient (Wildman–Crippen LogP) is 4.94. The quantitative estimate of drug-likeness (QED) is 0.609. The van der Waals surface area contributed by atoms with Gasteiger partial charge in [-0.3, -0.25) is 4.98 Å². The van der Waals surface area contributed by atoms with Crippen LogP contribution in [-0.2, 0) is 7.05 Å². The van der Waals surface area contributed by atoms with Crippen LogP contribution < -0.4 is 4.57 Å². The van der Waals surface area contributed by atoms with Gasteiger partial charge in [0.25, 0.3) is 0 Å². The Balaban J connectivity index is 1.65. The van der Waals surface area contributed by atoms with Crippen LogP contribution >= 0.6 is 0 Å². The summed E-state index contributed by atoms with van der Waals surface area (Å²) in [7, 11) is 2.14. The summed E-state index contributed by atoms with van der Waals surface area (Å²) in [6, 6.07) is 11.6. The predicted molar refractivity (Wildman–Crippen MR) is 101 cm³/mol. The minimum absolute atomic E-state index is 0.795. The van der Waals surface area contributed by atoms with Crippen LogP contribution in [0.25, 0.3) is 22.0 Å². The Morgan fingerprint density at radius 1 is 1.08 bits per heavy atom. The van der Waals surface area contributed by atoms with Gasteiger partial charge in [0.15, 0.2) is 6.20 Å². The van der Waals surface area contributed by atoms with Gasteiger partial charge < -0.3 is 0 Å². The Morgan fingerprint density at radius 2 is 2.00 bits per heavy atom. The van der Waals surface area contributed by atoms with Crippen molar-refractivity contribution in [3.05, 3.63) is 60.0 Å². The maximum atomic E-state index is 4.26. The molecule has 2 saturated carbocycles. The number of pyridine rings is 2. The molecule has 5 rings (SSSR count). The Bertz CT molecular complexity index is 959. The van der Waals surface area contributed by atoms with Crippen molar-refractivity contribution in [2.45, 2.75) is 38.5 Å². The highest BCUT2D eigenvalue weighted by Crippen LogP contribution is 2.53. The van der Waals surface area contributed by atoms with Crippen molar-refractivity contribution in [2.24, 2.45) is 18.9 Å². The van der Waals surface area contributed by atoms with Gasteiger partial charge in [-0.1, -0.05) is 18.6 Å². The van der Waals surface area contributed by atoms with Gasteiger partial charge in [0.1, 0.15) is 7.05 Å². The number of rotatable bonds is 2. The molecule has 2 nitrogen and oxygen atoms in total. The topological polar surface area (TPSA) is 16.8 Å². The second-order valence-corrected chi connectivity index (χ2v) is 8.09. The van der Waals surface area contributed by atoms with Crippen LogP contribution in [-0.4, -0.2) is 4.98 Å². The molecule has 3 unspecified atom stereocenters. The molecule has 0 spiro atoms. The first kappa shape index (κ1) is 15.1. The highest BCUT2D eigenvalue weighted by atomic mass is 14.9. The average molecular weight is 329 g/mol. The summed E-state index contributed by atoms with van der Waals surface area (Å²) >= 11 is 0. The monoisotopic (exact) mass is 329 g/mol. The number of hydrogen-bond acceptors (Lipinski definition) is 1. The van der Waals surface area contributed by atoms with Gasteiger partial charge in [0, 0.05) is 18.5 Å². The number of nitrogens with zero attached hydrogens (tertiary/aromatic N) is 2. The van der Waals surface area contributed by atoms with Gasteiger partial charge in [-0.15, -0.1) is 0 Å². The van der Waals surface area contributed by atoms with Crippen molar-refractivity contribution < 1.29 is 4.57 Å². The Kier molecular flexibility index (Phi) is 3.41. The molecular weight excluding hydrogens is 304 g/mol. The van der Waals surface area contributed by atoms with Crippen molar-refractivity contribution in [1.29, 1.82) is 0 Å². The van der Waals surface area contributed by atoms with E-state index in [-0.39, 0.29) is 0 Å². The van der Waals surface area contributed by atoms with Gasteiger partial charge in [-0.2, -0.15) is 0 Å². The van der Waals surface area contributed by atoms with Crippen molar-refractivity contribution in [1.82, 2.24) is 4.98 Å². The summed E-state index contributed by atoms with van der Waals surface area (Å²) in [4.78, 5) is 4.26. The van der Waals surface area contributed by atoms with Crippen LogP contribution in [0.15, 0.2) is 48.9 Å². The van der Waals surface area contributed by atoms with Crippen molar-refractivity contribution >= 4 is 10.8 Å². The fourth-order valence-electron chi connectivity index (χ4n) is 5.35. The lowest BCUT2D eigenvalue weighted by Crippen LogP contribution is -2.30. The van der Waals surface area contributed by atoms with Gasteiger partial charge in [0.05, 0.1) is 10.9 Å². The zero-order chi connectivity index (χ0) is 17.0. The Hall–Kier alpha value is -2.22. The summed E-state index contributed by atoms with van der Waals surface area (Å²) in [5.41, 5.74) is 5.35. The lowest BCUT2D eigenvalue weighted by atomic mass is 9.82. The fraction of sp³-hybridized carbons (Fsp3) is 0.391. The van der Waals surface area contributed by atoms with E-state index in [0.717, 1.165) is 17.8 Å². The van der Waals surface area contributed by atoms with Crippen LogP contribution in [0.1, 0.15) is 42.7 Å². The highest BCUT2D eigenvalue weighted by molar-refractivity contribution is 5.93. The van der Waals surface area contributed by atoms with Crippen LogP contribution in [0.5, 0.6) is 0 Å². The van der Waals surface area contributed by atoms with E-state index in [1.807, 2.05) is 12.4 Å². The van der Waals surface area contributed by atoms with Crippen LogP contribution in [0.2, 0.25) is 0 Å². The number of fused-ring (bicyclic) bond motifs is 3. The van der Waals surface area contributed by atoms with Crippen molar-refractivity contribution in [3.8, 4) is 11.3 Å². The molecule has 0 N–H and O–H groups in total. The van der Waals surface area contributed by atoms with Crippen molar-refractivity contribution in [3.63, 3.8) is 0 Å². The lowest BCUT2D eigenvalue weighted by Gasteiger charge is -2.22. The molecule has 2 aliphatic carbocycles. The van der Waals surface area contributed by atoms with E-state index in [4.69, 9.17) is 0 Å². The van der Waals surface area contributed by atoms with E-state index >= 15 is 0 Å². The Labute approximate surface area is 149 Å². The van der Waals surface area contributed by atoms with Crippen LogP contribution in [0.3, 0.4) is 0 Å². The molecule has 1 aromatic carbocycles. The molecule has 0 radical (unpaired) electrons. The normalized spacial score (nSPS) is 25.0. The third kappa shape index (κ3) is 2.38. The van der Waals surface area contributed by atoms with E-state index in [2.05, 4.69) is 60.1 Å². The molecular formula is C23H25N2+. The van der Waals surface area contributed by atoms with E-state index in [1.54, 1.807) is 5.56 Å². The van der Waals surface area contributed by atoms with Gasteiger partial charge >= 0.3 is 0 Å². The van der Waals surface area contributed by atoms with Gasteiger partial charge in [-0.05, 0) is 72.6 Å². The van der Waals surface area contributed by atoms with Gasteiger partial charge in [-0.25, -0.2) is 4.57 Å². The molecule has 2 heteroatoms. The second kappa shape index (κ2) is 5.66. The van der Waals surface area contributed by atoms with E-state index in [9.17, 15) is 0 Å². The highest BCUT2D eigenvalue weighted by Gasteiger charge is 2.40. The molecule has 25 heavy (non-hydrogen) atoms. The summed E-state index contributed by atoms with van der Waals surface area (Å²) in [5.74, 6) is 2.72. The standard InChI is InChI=1S/C23H25N2/c1-15-14-24-9-7-20(15)23-21-6-5-18(13-19(21)8-10-25(23)2)22-12-16-3-4-17(22)11-16/h5-10,13-14,16-17,22H,3-4,11-12H2,1-2H3/q+1. The average Bonchev–Trinajstić information content (AvgIpc) is 3.26. The molecule has 3 aromatic rings. The summed E-state index contributed by atoms with van der Waals surface area (Å²) in [6.07, 6.45) is 11.8. The zero-order valence-electron chi connectivity index (χ0n) is 15.1. The van der Waals surface area contributed by atoms with Gasteiger partial charge in [0.2, 0.25) is 5.69 Å². The van der Waals surface area contributed by atoms with E-state index < -0.39 is 0 Å². The maximum Gasteiger partial charge on any atom is 0.220 e. The largest absolute Gasteiger partial charge is 0.264 e. The fourth-order valence-corrected chi connectivity index (χ4v) is 5.35. The molecule has 126 valence electrons. The van der Waals surface area contributed by atoms with E-state index in [1.165, 1.54) is 53.3 Å². The van der Waals surface area contributed by atoms with E-state index in [0.29, 0.717) is 0 Å². The first-order chi connectivity index (χ1) is 12.2. The molecule has 2 aliphatic rings. The minimum Gasteiger partial charge on any atom is -0.264 e. The molecule has 2 aromatic heterocycles. The summed E-state index contributed by atoms with van der Waals surface area (Å²) in [6.45, 7) is 2.14. The minimum atomic E-state index is 0.795. The molecule has 0 amide bonds. The first-order valence-electron chi connectivity index (χ1n) is 9.54. The molecule has 0 aliphatic heterocycles. The third-order valence-electron chi connectivity index (χ3n) is 6.60. The number of benzene rings is 1. The maximum absolute atomic E-state index is 4.26. The molecule has 2 bridgehead atoms. The SMILES string of the molecule is Cc1cnccc1-c1c2ccc(C3CC4CCC3C4)cc2cc[n+]1C. The molecule has 2 fully saturated rings. The number of hydrogen-bond donors (Lipinski definition) is 0. The third-order valence-corrected chi connectivity index (χ3v) is 6.60. The second-order valence-electron chi connectivity index (χ2n) is 8.09. The molecule has 0 saturated heterocycles. The smallest absolute Gasteiger partial charge is 0.220 e. The van der Waals surface area contributed by atoms with Crippen LogP contribution in [0, 0.1) is 18.8 Å². The lowest BCUT2D eigenvalue weighted by molar-refractivity contribution is -0.659. The van der Waals surface area contributed by atoms with Crippen LogP contribution in [0.4, 0.5) is 0 Å². The summed E-state index contributed by atoms with van der Waals surface area (Å²) in [5, 5.41) is 2.70. The Morgan fingerprint density at radius 3 is 2.76 bits per heavy atom. The zero-order valence-corrected chi connectivity index (χ0v) is 15.1.